The highest BCUT2D eigenvalue weighted by atomic mass is 16.5. The first-order valence-electron chi connectivity index (χ1n) is 6.76. The zero-order valence-electron chi connectivity index (χ0n) is 11.4. The van der Waals surface area contributed by atoms with E-state index in [1.54, 1.807) is 11.8 Å². The Hall–Kier alpha value is -2.11. The molecule has 108 valence electrons. The van der Waals surface area contributed by atoms with Crippen LogP contribution in [0.2, 0.25) is 0 Å². The van der Waals surface area contributed by atoms with E-state index in [0.29, 0.717) is 25.3 Å². The van der Waals surface area contributed by atoms with Gasteiger partial charge in [0.1, 0.15) is 0 Å². The highest BCUT2D eigenvalue weighted by molar-refractivity contribution is 5.94. The number of carbonyl (C=O) groups excluding carboxylic acids is 2. The second kappa shape index (κ2) is 6.36. The SMILES string of the molecule is CCOC(=O)[C@H]1CCCN(C(=O)c2ccc(=O)[nH]c2)C1. The van der Waals surface area contributed by atoms with Crippen LogP contribution in [0, 0.1) is 5.92 Å². The smallest absolute Gasteiger partial charge is 0.310 e. The molecule has 1 aromatic rings. The first-order valence-corrected chi connectivity index (χ1v) is 6.76. The van der Waals surface area contributed by atoms with E-state index in [9.17, 15) is 14.4 Å². The maximum absolute atomic E-state index is 12.3. The van der Waals surface area contributed by atoms with E-state index >= 15 is 0 Å². The quantitative estimate of drug-likeness (QED) is 0.829. The number of rotatable bonds is 3. The van der Waals surface area contributed by atoms with Crippen molar-refractivity contribution >= 4 is 11.9 Å². The first kappa shape index (κ1) is 14.3. The van der Waals surface area contributed by atoms with Crippen LogP contribution in [0.3, 0.4) is 0 Å². The number of amides is 1. The molecule has 2 rings (SSSR count). The molecule has 0 bridgehead atoms. The van der Waals surface area contributed by atoms with Crippen molar-refractivity contribution in [1.29, 1.82) is 0 Å². The summed E-state index contributed by atoms with van der Waals surface area (Å²) in [5, 5.41) is 0. The number of piperidine rings is 1. The van der Waals surface area contributed by atoms with E-state index < -0.39 is 0 Å². The number of aromatic nitrogens is 1. The number of hydrogen-bond acceptors (Lipinski definition) is 4. The van der Waals surface area contributed by atoms with Gasteiger partial charge >= 0.3 is 5.97 Å². The molecular weight excluding hydrogens is 260 g/mol. The maximum Gasteiger partial charge on any atom is 0.310 e. The lowest BCUT2D eigenvalue weighted by molar-refractivity contribution is -0.149. The standard InChI is InChI=1S/C14H18N2O4/c1-2-20-14(19)11-4-3-7-16(9-11)13(18)10-5-6-12(17)15-8-10/h5-6,8,11H,2-4,7,9H2,1H3,(H,15,17)/t11-/m0/s1. The highest BCUT2D eigenvalue weighted by Crippen LogP contribution is 2.19. The molecule has 0 radical (unpaired) electrons. The Balaban J connectivity index is 2.04. The van der Waals surface area contributed by atoms with Crippen molar-refractivity contribution < 1.29 is 14.3 Å². The number of carbonyl (C=O) groups is 2. The van der Waals surface area contributed by atoms with Gasteiger partial charge in [0, 0.05) is 25.4 Å². The van der Waals surface area contributed by atoms with Crippen molar-refractivity contribution in [2.45, 2.75) is 19.8 Å². The molecule has 0 aromatic carbocycles. The normalized spacial score (nSPS) is 18.6. The lowest BCUT2D eigenvalue weighted by atomic mass is 9.97. The van der Waals surface area contributed by atoms with Crippen molar-refractivity contribution in [3.05, 3.63) is 34.2 Å². The van der Waals surface area contributed by atoms with Crippen molar-refractivity contribution in [2.75, 3.05) is 19.7 Å². The Bertz CT molecular complexity index is 532. The number of ether oxygens (including phenoxy) is 1. The van der Waals surface area contributed by atoms with Crippen LogP contribution in [0.5, 0.6) is 0 Å². The van der Waals surface area contributed by atoms with Crippen LogP contribution in [-0.4, -0.2) is 41.5 Å². The fourth-order valence-corrected chi connectivity index (χ4v) is 2.34. The molecule has 1 saturated heterocycles. The van der Waals surface area contributed by atoms with E-state index in [-0.39, 0.29) is 23.4 Å². The number of pyridine rings is 1. The molecule has 1 atom stereocenters. The predicted octanol–water partition coefficient (Wildman–Crippen LogP) is 0.790. The van der Waals surface area contributed by atoms with Crippen molar-refractivity contribution in [1.82, 2.24) is 9.88 Å². The summed E-state index contributed by atoms with van der Waals surface area (Å²) in [7, 11) is 0. The summed E-state index contributed by atoms with van der Waals surface area (Å²) < 4.78 is 5.01. The molecule has 20 heavy (non-hydrogen) atoms. The zero-order chi connectivity index (χ0) is 14.5. The molecule has 1 aliphatic heterocycles. The van der Waals surface area contributed by atoms with Gasteiger partial charge in [0.2, 0.25) is 5.56 Å². The van der Waals surface area contributed by atoms with E-state index in [1.165, 1.54) is 18.3 Å². The predicted molar refractivity (Wildman–Crippen MR) is 72.3 cm³/mol. The topological polar surface area (TPSA) is 79.5 Å². The fourth-order valence-electron chi connectivity index (χ4n) is 2.34. The van der Waals surface area contributed by atoms with Gasteiger partial charge in [-0.05, 0) is 25.8 Å². The van der Waals surface area contributed by atoms with Gasteiger partial charge in [-0.3, -0.25) is 14.4 Å². The lowest BCUT2D eigenvalue weighted by Crippen LogP contribution is -2.42. The Labute approximate surface area is 116 Å². The number of esters is 1. The van der Waals surface area contributed by atoms with E-state index in [2.05, 4.69) is 4.98 Å². The third-order valence-electron chi connectivity index (χ3n) is 3.36. The minimum atomic E-state index is -0.254. The van der Waals surface area contributed by atoms with Gasteiger partial charge in [-0.15, -0.1) is 0 Å². The number of H-pyrrole nitrogens is 1. The van der Waals surface area contributed by atoms with Crippen LogP contribution < -0.4 is 5.56 Å². The Kier molecular flexibility index (Phi) is 4.55. The molecule has 6 heteroatoms. The van der Waals surface area contributed by atoms with Gasteiger partial charge in [-0.25, -0.2) is 0 Å². The average molecular weight is 278 g/mol. The van der Waals surface area contributed by atoms with Crippen LogP contribution in [0.4, 0.5) is 0 Å². The second-order valence-electron chi connectivity index (χ2n) is 4.78. The van der Waals surface area contributed by atoms with Gasteiger partial charge < -0.3 is 14.6 Å². The molecule has 0 spiro atoms. The summed E-state index contributed by atoms with van der Waals surface area (Å²) in [6, 6.07) is 2.81. The summed E-state index contributed by atoms with van der Waals surface area (Å²) in [6.45, 7) is 3.11. The Morgan fingerprint density at radius 1 is 1.45 bits per heavy atom. The number of aromatic amines is 1. The molecule has 1 aromatic heterocycles. The summed E-state index contributed by atoms with van der Waals surface area (Å²) in [6.07, 6.45) is 2.92. The molecule has 1 fully saturated rings. The van der Waals surface area contributed by atoms with Crippen LogP contribution in [-0.2, 0) is 9.53 Å². The van der Waals surface area contributed by atoms with E-state index in [4.69, 9.17) is 4.74 Å². The van der Waals surface area contributed by atoms with Gasteiger partial charge in [-0.1, -0.05) is 0 Å². The number of likely N-dealkylation sites (tertiary alicyclic amines) is 1. The molecule has 2 heterocycles. The van der Waals surface area contributed by atoms with Gasteiger partial charge in [0.05, 0.1) is 18.1 Å². The van der Waals surface area contributed by atoms with Gasteiger partial charge in [0.25, 0.3) is 5.91 Å². The summed E-state index contributed by atoms with van der Waals surface area (Å²) in [5.41, 5.74) is 0.179. The fraction of sp³-hybridized carbons (Fsp3) is 0.500. The first-order chi connectivity index (χ1) is 9.61. The van der Waals surface area contributed by atoms with Crippen LogP contribution >= 0.6 is 0 Å². The van der Waals surface area contributed by atoms with Crippen molar-refractivity contribution in [3.63, 3.8) is 0 Å². The van der Waals surface area contributed by atoms with E-state index in [0.717, 1.165) is 12.8 Å². The molecule has 0 unspecified atom stereocenters. The number of nitrogens with one attached hydrogen (secondary N) is 1. The van der Waals surface area contributed by atoms with Gasteiger partial charge in [0.15, 0.2) is 0 Å². The minimum absolute atomic E-state index is 0.171. The molecule has 1 amide bonds. The Morgan fingerprint density at radius 2 is 2.25 bits per heavy atom. The monoisotopic (exact) mass is 278 g/mol. The molecule has 1 N–H and O–H groups in total. The van der Waals surface area contributed by atoms with Crippen LogP contribution in [0.25, 0.3) is 0 Å². The summed E-state index contributed by atoms with van der Waals surface area (Å²) >= 11 is 0. The Morgan fingerprint density at radius 3 is 2.90 bits per heavy atom. The largest absolute Gasteiger partial charge is 0.466 e. The van der Waals surface area contributed by atoms with Gasteiger partial charge in [-0.2, -0.15) is 0 Å². The maximum atomic E-state index is 12.3. The second-order valence-corrected chi connectivity index (χ2v) is 4.78. The number of nitrogens with zero attached hydrogens (tertiary/aromatic N) is 1. The van der Waals surface area contributed by atoms with Crippen LogP contribution in [0.1, 0.15) is 30.1 Å². The van der Waals surface area contributed by atoms with Crippen LogP contribution in [0.15, 0.2) is 23.1 Å². The highest BCUT2D eigenvalue weighted by Gasteiger charge is 2.29. The average Bonchev–Trinajstić information content (AvgIpc) is 2.48. The molecule has 1 aliphatic rings. The third kappa shape index (κ3) is 3.26. The molecular formula is C14H18N2O4. The summed E-state index contributed by atoms with van der Waals surface area (Å²) in [4.78, 5) is 39.1. The van der Waals surface area contributed by atoms with Crippen molar-refractivity contribution in [2.24, 2.45) is 5.92 Å². The molecule has 0 aliphatic carbocycles. The van der Waals surface area contributed by atoms with Crippen molar-refractivity contribution in [3.8, 4) is 0 Å². The van der Waals surface area contributed by atoms with E-state index in [1.807, 2.05) is 0 Å². The lowest BCUT2D eigenvalue weighted by Gasteiger charge is -2.31. The number of hydrogen-bond donors (Lipinski definition) is 1. The summed E-state index contributed by atoms with van der Waals surface area (Å²) in [5.74, 6) is -0.669. The zero-order valence-corrected chi connectivity index (χ0v) is 11.4. The molecule has 0 saturated carbocycles. The molecule has 6 nitrogen and oxygen atoms in total. The minimum Gasteiger partial charge on any atom is -0.466 e. The third-order valence-corrected chi connectivity index (χ3v) is 3.36.